The Labute approximate surface area is 170 Å². The summed E-state index contributed by atoms with van der Waals surface area (Å²) >= 11 is 3.14. The van der Waals surface area contributed by atoms with Crippen LogP contribution in [0.4, 0.5) is 10.1 Å². The van der Waals surface area contributed by atoms with Crippen molar-refractivity contribution < 1.29 is 23.5 Å². The van der Waals surface area contributed by atoms with Crippen LogP contribution >= 0.6 is 15.9 Å². The molecule has 0 saturated heterocycles. The lowest BCUT2D eigenvalue weighted by atomic mass is 10.1. The van der Waals surface area contributed by atoms with Crippen LogP contribution < -0.4 is 10.6 Å². The third-order valence-corrected chi connectivity index (χ3v) is 4.09. The van der Waals surface area contributed by atoms with E-state index in [-0.39, 0.29) is 17.4 Å². The maximum Gasteiger partial charge on any atom is 0.341 e. The summed E-state index contributed by atoms with van der Waals surface area (Å²) < 4.78 is 19.1. The molecule has 148 valence electrons. The second kappa shape index (κ2) is 9.98. The van der Waals surface area contributed by atoms with E-state index in [0.29, 0.717) is 22.3 Å². The summed E-state index contributed by atoms with van der Waals surface area (Å²) in [4.78, 5) is 36.4. The second-order valence-corrected chi connectivity index (χ2v) is 7.31. The van der Waals surface area contributed by atoms with E-state index in [0.717, 1.165) is 6.07 Å². The maximum atomic E-state index is 13.7. The smallest absolute Gasteiger partial charge is 0.341 e. The molecule has 2 amide bonds. The molecule has 0 bridgehead atoms. The summed E-state index contributed by atoms with van der Waals surface area (Å²) in [5.41, 5.74) is 0.301. The van der Waals surface area contributed by atoms with Crippen molar-refractivity contribution in [3.63, 3.8) is 0 Å². The highest BCUT2D eigenvalue weighted by molar-refractivity contribution is 9.10. The Hall–Kier alpha value is -2.74. The molecule has 2 rings (SSSR count). The van der Waals surface area contributed by atoms with Gasteiger partial charge in [0.05, 0.1) is 16.8 Å². The van der Waals surface area contributed by atoms with Crippen LogP contribution in [0.5, 0.6) is 0 Å². The van der Waals surface area contributed by atoms with Gasteiger partial charge in [0.25, 0.3) is 11.8 Å². The SMILES string of the molecule is CC(C)CNC(=O)c1ccccc1NC(=O)COC(=O)c1cc(Br)ccc1F. The van der Waals surface area contributed by atoms with E-state index < -0.39 is 24.3 Å². The molecule has 0 aliphatic carbocycles. The first kappa shape index (κ1) is 21.6. The van der Waals surface area contributed by atoms with Gasteiger partial charge in [0, 0.05) is 11.0 Å². The molecule has 0 aliphatic rings. The van der Waals surface area contributed by atoms with Crippen LogP contribution in [0, 0.1) is 11.7 Å². The predicted octanol–water partition coefficient (Wildman–Crippen LogP) is 3.77. The Bertz CT molecular complexity index is 886. The third kappa shape index (κ3) is 6.16. The minimum atomic E-state index is -0.961. The molecule has 0 fully saturated rings. The van der Waals surface area contributed by atoms with Gasteiger partial charge in [0.2, 0.25) is 0 Å². The molecule has 2 aromatic carbocycles. The van der Waals surface area contributed by atoms with Gasteiger partial charge in [-0.15, -0.1) is 0 Å². The van der Waals surface area contributed by atoms with E-state index >= 15 is 0 Å². The number of carbonyl (C=O) groups is 3. The zero-order chi connectivity index (χ0) is 20.7. The number of hydrogen-bond acceptors (Lipinski definition) is 4. The largest absolute Gasteiger partial charge is 0.452 e. The summed E-state index contributed by atoms with van der Waals surface area (Å²) in [7, 11) is 0. The Morgan fingerprint density at radius 1 is 1.11 bits per heavy atom. The molecule has 8 heteroatoms. The molecule has 0 spiro atoms. The zero-order valence-corrected chi connectivity index (χ0v) is 17.0. The predicted molar refractivity (Wildman–Crippen MR) is 107 cm³/mol. The lowest BCUT2D eigenvalue weighted by molar-refractivity contribution is -0.119. The van der Waals surface area contributed by atoms with Crippen molar-refractivity contribution in [2.45, 2.75) is 13.8 Å². The fourth-order valence-corrected chi connectivity index (χ4v) is 2.59. The van der Waals surface area contributed by atoms with Crippen molar-refractivity contribution in [2.24, 2.45) is 5.92 Å². The molecule has 0 unspecified atom stereocenters. The van der Waals surface area contributed by atoms with E-state index in [2.05, 4.69) is 26.6 Å². The first-order valence-corrected chi connectivity index (χ1v) is 9.36. The Kier molecular flexibility index (Phi) is 7.69. The van der Waals surface area contributed by atoms with Crippen molar-refractivity contribution in [2.75, 3.05) is 18.5 Å². The van der Waals surface area contributed by atoms with Crippen molar-refractivity contribution in [3.05, 3.63) is 63.9 Å². The number of para-hydroxylation sites is 1. The third-order valence-electron chi connectivity index (χ3n) is 3.60. The van der Waals surface area contributed by atoms with Gasteiger partial charge in [-0.05, 0) is 36.2 Å². The van der Waals surface area contributed by atoms with E-state index in [1.165, 1.54) is 12.1 Å². The second-order valence-electron chi connectivity index (χ2n) is 6.40. The average molecular weight is 451 g/mol. The molecular formula is C20H20BrFN2O4. The van der Waals surface area contributed by atoms with Gasteiger partial charge in [-0.25, -0.2) is 9.18 Å². The van der Waals surface area contributed by atoms with Crippen molar-refractivity contribution in [1.29, 1.82) is 0 Å². The van der Waals surface area contributed by atoms with Gasteiger partial charge >= 0.3 is 5.97 Å². The minimum absolute atomic E-state index is 0.281. The summed E-state index contributed by atoms with van der Waals surface area (Å²) in [5.74, 6) is -2.40. The van der Waals surface area contributed by atoms with Crippen molar-refractivity contribution >= 4 is 39.4 Å². The topological polar surface area (TPSA) is 84.5 Å². The molecule has 2 aromatic rings. The minimum Gasteiger partial charge on any atom is -0.452 e. The van der Waals surface area contributed by atoms with E-state index in [4.69, 9.17) is 4.74 Å². The van der Waals surface area contributed by atoms with E-state index in [1.807, 2.05) is 13.8 Å². The van der Waals surface area contributed by atoms with Gasteiger partial charge in [-0.2, -0.15) is 0 Å². The van der Waals surface area contributed by atoms with Crippen LogP contribution in [0.15, 0.2) is 46.9 Å². The molecular weight excluding hydrogens is 431 g/mol. The number of benzene rings is 2. The highest BCUT2D eigenvalue weighted by Gasteiger charge is 2.17. The lowest BCUT2D eigenvalue weighted by Crippen LogP contribution is -2.29. The summed E-state index contributed by atoms with van der Waals surface area (Å²) in [5, 5.41) is 5.31. The van der Waals surface area contributed by atoms with Gasteiger partial charge in [-0.1, -0.05) is 41.9 Å². The maximum absolute atomic E-state index is 13.7. The van der Waals surface area contributed by atoms with Gasteiger partial charge < -0.3 is 15.4 Å². The monoisotopic (exact) mass is 450 g/mol. The number of esters is 1. The standard InChI is InChI=1S/C20H20BrFN2O4/c1-12(2)10-23-19(26)14-5-3-4-6-17(14)24-18(25)11-28-20(27)15-9-13(21)7-8-16(15)22/h3-9,12H,10-11H2,1-2H3,(H,23,26)(H,24,25). The molecule has 0 aliphatic heterocycles. The molecule has 2 N–H and O–H groups in total. The highest BCUT2D eigenvalue weighted by atomic mass is 79.9. The number of ether oxygens (including phenoxy) is 1. The Morgan fingerprint density at radius 2 is 1.82 bits per heavy atom. The zero-order valence-electron chi connectivity index (χ0n) is 15.4. The van der Waals surface area contributed by atoms with Crippen LogP contribution in [-0.4, -0.2) is 30.9 Å². The normalized spacial score (nSPS) is 10.5. The number of rotatable bonds is 7. The van der Waals surface area contributed by atoms with Gasteiger partial charge in [0.15, 0.2) is 6.61 Å². The highest BCUT2D eigenvalue weighted by Crippen LogP contribution is 2.17. The number of halogens is 2. The molecule has 0 atom stereocenters. The Balaban J connectivity index is 1.99. The Morgan fingerprint density at radius 3 is 2.54 bits per heavy atom. The van der Waals surface area contributed by atoms with Crippen LogP contribution in [0.2, 0.25) is 0 Å². The molecule has 6 nitrogen and oxygen atoms in total. The van der Waals surface area contributed by atoms with Crippen LogP contribution in [-0.2, 0) is 9.53 Å². The first-order chi connectivity index (χ1) is 13.3. The molecule has 0 saturated carbocycles. The number of carbonyl (C=O) groups excluding carboxylic acids is 3. The summed E-state index contributed by atoms with van der Waals surface area (Å²) in [6, 6.07) is 10.3. The van der Waals surface area contributed by atoms with Crippen molar-refractivity contribution in [3.8, 4) is 0 Å². The van der Waals surface area contributed by atoms with Gasteiger partial charge in [-0.3, -0.25) is 9.59 Å². The average Bonchev–Trinajstić information content (AvgIpc) is 2.66. The van der Waals surface area contributed by atoms with Crippen LogP contribution in [0.3, 0.4) is 0 Å². The fraction of sp³-hybridized carbons (Fsp3) is 0.250. The number of anilines is 1. The summed E-state index contributed by atoms with van der Waals surface area (Å²) in [6.07, 6.45) is 0. The number of nitrogens with one attached hydrogen (secondary N) is 2. The quantitative estimate of drug-likeness (QED) is 0.628. The first-order valence-electron chi connectivity index (χ1n) is 8.57. The van der Waals surface area contributed by atoms with Crippen LogP contribution in [0.25, 0.3) is 0 Å². The molecule has 28 heavy (non-hydrogen) atoms. The molecule has 0 heterocycles. The molecule has 0 aromatic heterocycles. The lowest BCUT2D eigenvalue weighted by Gasteiger charge is -2.12. The molecule has 0 radical (unpaired) electrons. The van der Waals surface area contributed by atoms with E-state index in [1.54, 1.807) is 24.3 Å². The number of hydrogen-bond donors (Lipinski definition) is 2. The fourth-order valence-electron chi connectivity index (χ4n) is 2.23. The van der Waals surface area contributed by atoms with E-state index in [9.17, 15) is 18.8 Å². The van der Waals surface area contributed by atoms with Crippen LogP contribution in [0.1, 0.15) is 34.6 Å². The van der Waals surface area contributed by atoms with Gasteiger partial charge in [0.1, 0.15) is 5.82 Å². The number of amides is 2. The van der Waals surface area contributed by atoms with Crippen molar-refractivity contribution in [1.82, 2.24) is 5.32 Å². The summed E-state index contributed by atoms with van der Waals surface area (Å²) in [6.45, 7) is 3.82.